The molecule has 3 N–H and O–H groups in total. The topological polar surface area (TPSA) is 70.6 Å². The summed E-state index contributed by atoms with van der Waals surface area (Å²) < 4.78 is 5.00. The van der Waals surface area contributed by atoms with Gasteiger partial charge in [-0.1, -0.05) is 23.7 Å². The van der Waals surface area contributed by atoms with E-state index in [4.69, 9.17) is 16.3 Å². The van der Waals surface area contributed by atoms with Gasteiger partial charge >= 0.3 is 0 Å². The number of hydrogen-bond donors (Lipinski definition) is 3. The summed E-state index contributed by atoms with van der Waals surface area (Å²) in [7, 11) is 1.51. The van der Waals surface area contributed by atoms with E-state index in [-0.39, 0.29) is 11.7 Å². The summed E-state index contributed by atoms with van der Waals surface area (Å²) in [5.74, 6) is 0.464. The number of ether oxygens (including phenoxy) is 1. The van der Waals surface area contributed by atoms with Gasteiger partial charge in [-0.05, 0) is 42.3 Å². The molecule has 0 atom stereocenters. The van der Waals surface area contributed by atoms with Gasteiger partial charge in [0.1, 0.15) is 0 Å². The Balaban J connectivity index is 1.77. The number of amides is 1. The molecule has 0 fully saturated rings. The summed E-state index contributed by atoms with van der Waals surface area (Å²) in [6.45, 7) is 2.95. The molecule has 2 rings (SSSR count). The number of carbonyl (C=O) groups excluding carboxylic acids is 1. The maximum Gasteiger partial charge on any atom is 0.225 e. The normalized spacial score (nSPS) is 10.5. The molecule has 0 saturated carbocycles. The fourth-order valence-corrected chi connectivity index (χ4v) is 2.41. The van der Waals surface area contributed by atoms with Crippen LogP contribution >= 0.6 is 11.6 Å². The second-order valence-corrected chi connectivity index (χ2v) is 5.80. The molecule has 6 heteroatoms. The molecule has 0 aliphatic heterocycles. The number of methoxy groups -OCH3 is 1. The summed E-state index contributed by atoms with van der Waals surface area (Å²) in [6, 6.07) is 10.6. The van der Waals surface area contributed by atoms with Crippen molar-refractivity contribution in [2.24, 2.45) is 0 Å². The highest BCUT2D eigenvalue weighted by Gasteiger charge is 2.07. The highest BCUT2D eigenvalue weighted by Crippen LogP contribution is 2.26. The van der Waals surface area contributed by atoms with E-state index >= 15 is 0 Å². The predicted octanol–water partition coefficient (Wildman–Crippen LogP) is 3.48. The number of benzene rings is 2. The van der Waals surface area contributed by atoms with Gasteiger partial charge in [0, 0.05) is 30.2 Å². The third-order valence-corrected chi connectivity index (χ3v) is 4.05. The number of phenols is 1. The first kappa shape index (κ1) is 18.1. The first-order valence-corrected chi connectivity index (χ1v) is 8.00. The average Bonchev–Trinajstić information content (AvgIpc) is 2.56. The van der Waals surface area contributed by atoms with Gasteiger partial charge in [0.2, 0.25) is 5.91 Å². The predicted molar refractivity (Wildman–Crippen MR) is 95.8 cm³/mol. The van der Waals surface area contributed by atoms with E-state index in [2.05, 4.69) is 10.6 Å². The Morgan fingerprint density at radius 3 is 2.79 bits per heavy atom. The highest BCUT2D eigenvalue weighted by molar-refractivity contribution is 6.31. The number of phenolic OH excluding ortho intramolecular Hbond substituents is 1. The minimum Gasteiger partial charge on any atom is -0.504 e. The van der Waals surface area contributed by atoms with Crippen LogP contribution in [0.15, 0.2) is 36.4 Å². The van der Waals surface area contributed by atoms with E-state index < -0.39 is 0 Å². The monoisotopic (exact) mass is 348 g/mol. The number of anilines is 1. The molecule has 0 saturated heterocycles. The molecule has 0 bridgehead atoms. The first-order valence-electron chi connectivity index (χ1n) is 7.63. The largest absolute Gasteiger partial charge is 0.504 e. The van der Waals surface area contributed by atoms with Crippen molar-refractivity contribution in [3.63, 3.8) is 0 Å². The van der Waals surface area contributed by atoms with E-state index in [1.54, 1.807) is 24.3 Å². The van der Waals surface area contributed by atoms with Crippen LogP contribution in [0.2, 0.25) is 5.02 Å². The number of carbonyl (C=O) groups is 1. The van der Waals surface area contributed by atoms with Crippen molar-refractivity contribution in [2.75, 3.05) is 19.0 Å². The molecule has 0 heterocycles. The zero-order chi connectivity index (χ0) is 17.5. The fraction of sp³-hybridized carbons (Fsp3) is 0.278. The molecule has 0 aliphatic carbocycles. The van der Waals surface area contributed by atoms with Gasteiger partial charge in [-0.25, -0.2) is 0 Å². The van der Waals surface area contributed by atoms with E-state index in [0.29, 0.717) is 30.3 Å². The minimum absolute atomic E-state index is 0.0783. The standard InChI is InChI=1S/C18H21ClN2O3/c1-12-14(19)4-3-5-15(12)21-18(23)8-9-20-11-13-6-7-17(24-2)16(22)10-13/h3-7,10,20,22H,8-9,11H2,1-2H3,(H,21,23). The lowest BCUT2D eigenvalue weighted by atomic mass is 10.2. The number of rotatable bonds is 7. The van der Waals surface area contributed by atoms with Gasteiger partial charge in [-0.3, -0.25) is 4.79 Å². The van der Waals surface area contributed by atoms with Crippen LogP contribution in [-0.4, -0.2) is 24.7 Å². The fourth-order valence-electron chi connectivity index (χ4n) is 2.24. The van der Waals surface area contributed by atoms with Crippen LogP contribution in [0.3, 0.4) is 0 Å². The van der Waals surface area contributed by atoms with Crippen LogP contribution in [0.5, 0.6) is 11.5 Å². The Labute approximate surface area is 146 Å². The Hall–Kier alpha value is -2.24. The average molecular weight is 349 g/mol. The Morgan fingerprint density at radius 1 is 1.29 bits per heavy atom. The van der Waals surface area contributed by atoms with Crippen molar-refractivity contribution in [3.8, 4) is 11.5 Å². The highest BCUT2D eigenvalue weighted by atomic mass is 35.5. The Morgan fingerprint density at radius 2 is 2.08 bits per heavy atom. The maximum absolute atomic E-state index is 12.0. The van der Waals surface area contributed by atoms with Gasteiger partial charge in [-0.15, -0.1) is 0 Å². The zero-order valence-electron chi connectivity index (χ0n) is 13.7. The summed E-state index contributed by atoms with van der Waals surface area (Å²) in [4.78, 5) is 12.0. The summed E-state index contributed by atoms with van der Waals surface area (Å²) in [5.41, 5.74) is 2.50. The molecule has 24 heavy (non-hydrogen) atoms. The molecule has 1 amide bonds. The molecule has 5 nitrogen and oxygen atoms in total. The summed E-state index contributed by atoms with van der Waals surface area (Å²) in [6.07, 6.45) is 0.341. The van der Waals surface area contributed by atoms with Crippen LogP contribution in [0, 0.1) is 6.92 Å². The van der Waals surface area contributed by atoms with Crippen LogP contribution in [0.4, 0.5) is 5.69 Å². The van der Waals surface area contributed by atoms with Gasteiger partial charge in [-0.2, -0.15) is 0 Å². The zero-order valence-corrected chi connectivity index (χ0v) is 14.5. The van der Waals surface area contributed by atoms with Gasteiger partial charge in [0.05, 0.1) is 7.11 Å². The Bertz CT molecular complexity index is 719. The SMILES string of the molecule is COc1ccc(CNCCC(=O)Nc2cccc(Cl)c2C)cc1O. The maximum atomic E-state index is 12.0. The Kier molecular flexibility index (Phi) is 6.46. The summed E-state index contributed by atoms with van der Waals surface area (Å²) in [5, 5.41) is 16.4. The van der Waals surface area contributed by atoms with Crippen LogP contribution in [0.1, 0.15) is 17.5 Å². The lowest BCUT2D eigenvalue weighted by Gasteiger charge is -2.10. The summed E-state index contributed by atoms with van der Waals surface area (Å²) >= 11 is 6.03. The van der Waals surface area contributed by atoms with Crippen molar-refractivity contribution in [1.82, 2.24) is 5.32 Å². The number of halogens is 1. The molecule has 128 valence electrons. The van der Waals surface area contributed by atoms with Crippen molar-refractivity contribution in [2.45, 2.75) is 19.9 Å². The molecule has 0 unspecified atom stereocenters. The molecular weight excluding hydrogens is 328 g/mol. The van der Waals surface area contributed by atoms with Crippen LogP contribution in [-0.2, 0) is 11.3 Å². The van der Waals surface area contributed by atoms with Crippen LogP contribution in [0.25, 0.3) is 0 Å². The van der Waals surface area contributed by atoms with Gasteiger partial charge in [0.25, 0.3) is 0 Å². The quantitative estimate of drug-likeness (QED) is 0.670. The molecular formula is C18H21ClN2O3. The third kappa shape index (κ3) is 4.88. The van der Waals surface area contributed by atoms with Crippen molar-refractivity contribution < 1.29 is 14.6 Å². The lowest BCUT2D eigenvalue weighted by molar-refractivity contribution is -0.116. The van der Waals surface area contributed by atoms with E-state index in [1.165, 1.54) is 7.11 Å². The molecule has 0 aromatic heterocycles. The molecule has 0 spiro atoms. The number of nitrogens with one attached hydrogen (secondary N) is 2. The number of hydrogen-bond acceptors (Lipinski definition) is 4. The van der Waals surface area contributed by atoms with Crippen molar-refractivity contribution >= 4 is 23.2 Å². The minimum atomic E-state index is -0.0783. The molecule has 2 aromatic rings. The second-order valence-electron chi connectivity index (χ2n) is 5.39. The molecule has 2 aromatic carbocycles. The van der Waals surface area contributed by atoms with E-state index in [9.17, 15) is 9.90 Å². The van der Waals surface area contributed by atoms with Gasteiger partial charge in [0.15, 0.2) is 11.5 Å². The second kappa shape index (κ2) is 8.57. The molecule has 0 radical (unpaired) electrons. The first-order chi connectivity index (χ1) is 11.5. The van der Waals surface area contributed by atoms with Gasteiger partial charge < -0.3 is 20.5 Å². The third-order valence-electron chi connectivity index (χ3n) is 3.64. The van der Waals surface area contributed by atoms with Crippen LogP contribution < -0.4 is 15.4 Å². The lowest BCUT2D eigenvalue weighted by Crippen LogP contribution is -2.21. The van der Waals surface area contributed by atoms with Crippen molar-refractivity contribution in [1.29, 1.82) is 0 Å². The van der Waals surface area contributed by atoms with E-state index in [1.807, 2.05) is 19.1 Å². The van der Waals surface area contributed by atoms with Crippen molar-refractivity contribution in [3.05, 3.63) is 52.5 Å². The van der Waals surface area contributed by atoms with E-state index in [0.717, 1.165) is 16.8 Å². The molecule has 0 aliphatic rings. The smallest absolute Gasteiger partial charge is 0.225 e. The number of aromatic hydroxyl groups is 1.